The van der Waals surface area contributed by atoms with Crippen molar-refractivity contribution in [3.8, 4) is 17.2 Å². The summed E-state index contributed by atoms with van der Waals surface area (Å²) >= 11 is 1.44. The fourth-order valence-electron chi connectivity index (χ4n) is 5.37. The van der Waals surface area contributed by atoms with E-state index in [0.717, 1.165) is 35.3 Å². The molecule has 1 heterocycles. The van der Waals surface area contributed by atoms with Gasteiger partial charge in [0.25, 0.3) is 11.8 Å². The molecule has 2 N–H and O–H groups in total. The molecule has 0 bridgehead atoms. The molecule has 0 radical (unpaired) electrons. The van der Waals surface area contributed by atoms with Crippen LogP contribution in [0.5, 0.6) is 17.2 Å². The first-order valence-corrected chi connectivity index (χ1v) is 17.1. The predicted octanol–water partition coefficient (Wildman–Crippen LogP) is 7.12. The summed E-state index contributed by atoms with van der Waals surface area (Å²) in [6, 6.07) is 19.9. The number of esters is 1. The Kier molecular flexibility index (Phi) is 11.7. The fourth-order valence-corrected chi connectivity index (χ4v) is 6.76. The van der Waals surface area contributed by atoms with Gasteiger partial charge in [0, 0.05) is 10.4 Å². The van der Waals surface area contributed by atoms with Crippen molar-refractivity contribution in [1.82, 2.24) is 5.43 Å². The van der Waals surface area contributed by atoms with Crippen molar-refractivity contribution >= 4 is 40.3 Å². The molecule has 2 amide bonds. The summed E-state index contributed by atoms with van der Waals surface area (Å²) < 4.78 is 22.5. The van der Waals surface area contributed by atoms with Gasteiger partial charge in [0.1, 0.15) is 17.4 Å². The first-order chi connectivity index (χ1) is 23.6. The highest BCUT2D eigenvalue weighted by Gasteiger charge is 2.29. The SMILES string of the molecule is CCOC(=O)c1c(NC(=O)c2ccc(OC(C)C(=O)N/N=C/c3ccc(OCc4ccc(C)cc4)c(OC)c3)cc2)sc2c1CCC(C)C2. The summed E-state index contributed by atoms with van der Waals surface area (Å²) in [5.41, 5.74) is 7.25. The molecule has 256 valence electrons. The molecule has 2 unspecified atom stereocenters. The average Bonchev–Trinajstić information content (AvgIpc) is 3.45. The number of fused-ring (bicyclic) bond motifs is 1. The molecule has 0 spiro atoms. The lowest BCUT2D eigenvalue weighted by Gasteiger charge is -2.18. The largest absolute Gasteiger partial charge is 0.493 e. The Morgan fingerprint density at radius 2 is 1.80 bits per heavy atom. The molecule has 2 atom stereocenters. The number of nitrogens with zero attached hydrogens (tertiary/aromatic N) is 1. The Morgan fingerprint density at radius 1 is 1.04 bits per heavy atom. The van der Waals surface area contributed by atoms with E-state index in [9.17, 15) is 14.4 Å². The Balaban J connectivity index is 1.14. The quantitative estimate of drug-likeness (QED) is 0.0874. The fraction of sp³-hybridized carbons (Fsp3) is 0.316. The van der Waals surface area contributed by atoms with E-state index >= 15 is 0 Å². The number of anilines is 1. The number of benzene rings is 3. The molecule has 49 heavy (non-hydrogen) atoms. The monoisotopic (exact) mass is 683 g/mol. The standard InChI is InChI=1S/C38H41N3O7S/c1-6-46-38(44)34-30-17-9-24(3)19-33(30)49-37(34)40-36(43)28-13-15-29(16-14-28)48-25(4)35(42)41-39-21-27-12-18-31(32(20-27)45-5)47-22-26-10-7-23(2)8-11-26/h7-8,10-16,18,20-21,24-25H,6,9,17,19,22H2,1-5H3,(H,40,43)(H,41,42)/b39-21+. The van der Waals surface area contributed by atoms with Gasteiger partial charge < -0.3 is 24.3 Å². The van der Waals surface area contributed by atoms with Crippen LogP contribution in [0.4, 0.5) is 5.00 Å². The van der Waals surface area contributed by atoms with Gasteiger partial charge in [0.05, 0.1) is 25.5 Å². The molecule has 0 aliphatic heterocycles. The molecular weight excluding hydrogens is 642 g/mol. The van der Waals surface area contributed by atoms with Crippen LogP contribution < -0.4 is 25.0 Å². The Bertz CT molecular complexity index is 1820. The number of hydrogen-bond acceptors (Lipinski definition) is 9. The van der Waals surface area contributed by atoms with Crippen LogP contribution in [0.25, 0.3) is 0 Å². The molecule has 1 aliphatic carbocycles. The zero-order chi connectivity index (χ0) is 34.9. The maximum Gasteiger partial charge on any atom is 0.341 e. The first kappa shape index (κ1) is 35.2. The maximum absolute atomic E-state index is 13.2. The molecule has 0 saturated heterocycles. The van der Waals surface area contributed by atoms with Gasteiger partial charge in [0.15, 0.2) is 17.6 Å². The number of rotatable bonds is 13. The number of hydrazone groups is 1. The number of aryl methyl sites for hydroxylation is 1. The zero-order valence-electron chi connectivity index (χ0n) is 28.3. The predicted molar refractivity (Wildman–Crippen MR) is 190 cm³/mol. The Morgan fingerprint density at radius 3 is 2.51 bits per heavy atom. The van der Waals surface area contributed by atoms with Gasteiger partial charge in [-0.15, -0.1) is 11.3 Å². The van der Waals surface area contributed by atoms with Crippen molar-refractivity contribution in [2.75, 3.05) is 19.0 Å². The molecule has 10 nitrogen and oxygen atoms in total. The molecular formula is C38H41N3O7S. The third kappa shape index (κ3) is 9.05. The van der Waals surface area contributed by atoms with E-state index in [2.05, 4.69) is 22.8 Å². The smallest absolute Gasteiger partial charge is 0.341 e. The summed E-state index contributed by atoms with van der Waals surface area (Å²) in [6.45, 7) is 8.25. The molecule has 11 heteroatoms. The molecule has 0 saturated carbocycles. The minimum Gasteiger partial charge on any atom is -0.493 e. The first-order valence-electron chi connectivity index (χ1n) is 16.2. The molecule has 1 aromatic heterocycles. The molecule has 5 rings (SSSR count). The van der Waals surface area contributed by atoms with E-state index in [4.69, 9.17) is 18.9 Å². The summed E-state index contributed by atoms with van der Waals surface area (Å²) in [6.07, 6.45) is 3.28. The van der Waals surface area contributed by atoms with Gasteiger partial charge >= 0.3 is 5.97 Å². The van der Waals surface area contributed by atoms with Crippen LogP contribution in [-0.2, 0) is 29.0 Å². The number of carbonyl (C=O) groups excluding carboxylic acids is 3. The zero-order valence-corrected chi connectivity index (χ0v) is 29.1. The van der Waals surface area contributed by atoms with Gasteiger partial charge in [-0.1, -0.05) is 36.8 Å². The summed E-state index contributed by atoms with van der Waals surface area (Å²) in [4.78, 5) is 39.8. The van der Waals surface area contributed by atoms with Gasteiger partial charge in [-0.3, -0.25) is 9.59 Å². The van der Waals surface area contributed by atoms with Crippen LogP contribution in [0.2, 0.25) is 0 Å². The number of methoxy groups -OCH3 is 1. The van der Waals surface area contributed by atoms with Crippen LogP contribution >= 0.6 is 11.3 Å². The van der Waals surface area contributed by atoms with Gasteiger partial charge in [-0.25, -0.2) is 10.2 Å². The Labute approximate surface area is 290 Å². The van der Waals surface area contributed by atoms with Crippen molar-refractivity contribution in [3.05, 3.63) is 105 Å². The number of amides is 2. The highest BCUT2D eigenvalue weighted by Crippen LogP contribution is 2.40. The van der Waals surface area contributed by atoms with E-state index in [0.29, 0.717) is 51.5 Å². The van der Waals surface area contributed by atoms with Gasteiger partial charge in [-0.2, -0.15) is 5.10 Å². The number of hydrogen-bond donors (Lipinski definition) is 2. The number of nitrogens with one attached hydrogen (secondary N) is 2. The second-order valence-corrected chi connectivity index (χ2v) is 13.0. The highest BCUT2D eigenvalue weighted by atomic mass is 32.1. The minimum atomic E-state index is -0.865. The molecule has 0 fully saturated rings. The van der Waals surface area contributed by atoms with Crippen molar-refractivity contribution in [1.29, 1.82) is 0 Å². The van der Waals surface area contributed by atoms with E-state index in [1.807, 2.05) is 37.3 Å². The summed E-state index contributed by atoms with van der Waals surface area (Å²) in [5, 5.41) is 7.49. The summed E-state index contributed by atoms with van der Waals surface area (Å²) in [7, 11) is 1.56. The third-order valence-corrected chi connectivity index (χ3v) is 9.28. The normalized spacial score (nSPS) is 14.4. The number of ether oxygens (including phenoxy) is 4. The lowest BCUT2D eigenvalue weighted by Crippen LogP contribution is -2.33. The number of thiophene rings is 1. The number of carbonyl (C=O) groups is 3. The van der Waals surface area contributed by atoms with Crippen LogP contribution in [0, 0.1) is 12.8 Å². The lowest BCUT2D eigenvalue weighted by molar-refractivity contribution is -0.127. The molecule has 4 aromatic rings. The van der Waals surface area contributed by atoms with Crippen LogP contribution in [-0.4, -0.2) is 43.8 Å². The molecule has 1 aliphatic rings. The van der Waals surface area contributed by atoms with E-state index in [1.165, 1.54) is 23.1 Å². The minimum absolute atomic E-state index is 0.256. The van der Waals surface area contributed by atoms with Crippen LogP contribution in [0.1, 0.15) is 75.0 Å². The lowest BCUT2D eigenvalue weighted by atomic mass is 9.88. The third-order valence-electron chi connectivity index (χ3n) is 8.11. The van der Waals surface area contributed by atoms with Crippen molar-refractivity contribution in [2.24, 2.45) is 11.0 Å². The van der Waals surface area contributed by atoms with Gasteiger partial charge in [0.2, 0.25) is 0 Å². The second-order valence-electron chi connectivity index (χ2n) is 11.9. The Hall–Kier alpha value is -5.16. The van der Waals surface area contributed by atoms with E-state index in [-0.39, 0.29) is 12.5 Å². The van der Waals surface area contributed by atoms with Crippen LogP contribution in [0.3, 0.4) is 0 Å². The van der Waals surface area contributed by atoms with Crippen molar-refractivity contribution < 1.29 is 33.3 Å². The van der Waals surface area contributed by atoms with E-state index in [1.54, 1.807) is 57.4 Å². The molecule has 3 aromatic carbocycles. The topological polar surface area (TPSA) is 125 Å². The average molecular weight is 684 g/mol. The second kappa shape index (κ2) is 16.3. The highest BCUT2D eigenvalue weighted by molar-refractivity contribution is 7.17. The summed E-state index contributed by atoms with van der Waals surface area (Å²) in [5.74, 6) is 0.836. The van der Waals surface area contributed by atoms with E-state index < -0.39 is 18.0 Å². The van der Waals surface area contributed by atoms with Crippen molar-refractivity contribution in [2.45, 2.75) is 59.7 Å². The van der Waals surface area contributed by atoms with Gasteiger partial charge in [-0.05, 0) is 105 Å². The van der Waals surface area contributed by atoms with Crippen LogP contribution in [0.15, 0.2) is 71.8 Å². The van der Waals surface area contributed by atoms with Crippen molar-refractivity contribution in [3.63, 3.8) is 0 Å². The maximum atomic E-state index is 13.2.